The Morgan fingerprint density at radius 2 is 1.84 bits per heavy atom. The number of benzene rings is 1. The highest BCUT2D eigenvalue weighted by Crippen LogP contribution is 2.32. The van der Waals surface area contributed by atoms with Gasteiger partial charge in [-0.2, -0.15) is 0 Å². The van der Waals surface area contributed by atoms with Crippen LogP contribution in [0.4, 0.5) is 0 Å². The maximum Gasteiger partial charge on any atom is 0.224 e. The quantitative estimate of drug-likeness (QED) is 0.908. The predicted molar refractivity (Wildman–Crippen MR) is 75.0 cm³/mol. The van der Waals surface area contributed by atoms with Crippen molar-refractivity contribution in [2.75, 3.05) is 14.1 Å². The van der Waals surface area contributed by atoms with E-state index in [0.717, 1.165) is 0 Å². The maximum atomic E-state index is 12.2. The summed E-state index contributed by atoms with van der Waals surface area (Å²) in [6, 6.07) is 9.05. The largest absolute Gasteiger partial charge is 0.384 e. The van der Waals surface area contributed by atoms with Gasteiger partial charge in [-0.25, -0.2) is 12.7 Å². The second-order valence-electron chi connectivity index (χ2n) is 4.61. The predicted octanol–water partition coefficient (Wildman–Crippen LogP) is 1.48. The Labute approximate surface area is 113 Å². The summed E-state index contributed by atoms with van der Waals surface area (Å²) >= 11 is 0. The van der Waals surface area contributed by atoms with Crippen LogP contribution in [-0.4, -0.2) is 37.2 Å². The third-order valence-corrected chi connectivity index (χ3v) is 5.25. The maximum absolute atomic E-state index is 12.2. The molecule has 102 valence electrons. The molecular formula is C14H17NO3S. The summed E-state index contributed by atoms with van der Waals surface area (Å²) in [6.45, 7) is 0. The van der Waals surface area contributed by atoms with Crippen LogP contribution in [0.5, 0.6) is 0 Å². The summed E-state index contributed by atoms with van der Waals surface area (Å²) in [5.74, 6) is 0. The molecule has 4 nitrogen and oxygen atoms in total. The average Bonchev–Trinajstić information content (AvgIpc) is 2.88. The van der Waals surface area contributed by atoms with Crippen LogP contribution in [0.15, 0.2) is 54.1 Å². The molecule has 0 aromatic heterocycles. The van der Waals surface area contributed by atoms with Crippen LogP contribution in [0.25, 0.3) is 0 Å². The number of sulfonamides is 1. The van der Waals surface area contributed by atoms with E-state index >= 15 is 0 Å². The first-order valence-corrected chi connectivity index (χ1v) is 7.47. The van der Waals surface area contributed by atoms with Gasteiger partial charge in [0.05, 0.1) is 0 Å². The van der Waals surface area contributed by atoms with E-state index in [1.54, 1.807) is 30.4 Å². The monoisotopic (exact) mass is 279 g/mol. The minimum Gasteiger partial charge on any atom is -0.384 e. The Morgan fingerprint density at radius 3 is 2.42 bits per heavy atom. The number of hydrogen-bond acceptors (Lipinski definition) is 3. The molecule has 1 aliphatic rings. The minimum atomic E-state index is -3.46. The average molecular weight is 279 g/mol. The molecule has 2 unspecified atom stereocenters. The first kappa shape index (κ1) is 14.0. The molecule has 0 saturated heterocycles. The molecule has 1 N–H and O–H groups in total. The Bertz CT molecular complexity index is 603. The molecule has 1 aromatic rings. The molecule has 2 rings (SSSR count). The highest BCUT2D eigenvalue weighted by molar-refractivity contribution is 7.90. The fourth-order valence-electron chi connectivity index (χ4n) is 2.05. The molecule has 0 aliphatic heterocycles. The zero-order valence-electron chi connectivity index (χ0n) is 10.9. The third kappa shape index (κ3) is 2.63. The van der Waals surface area contributed by atoms with E-state index < -0.39 is 21.4 Å². The van der Waals surface area contributed by atoms with E-state index in [-0.39, 0.29) is 0 Å². The van der Waals surface area contributed by atoms with Crippen molar-refractivity contribution in [3.8, 4) is 0 Å². The van der Waals surface area contributed by atoms with Gasteiger partial charge in [0.2, 0.25) is 10.0 Å². The summed E-state index contributed by atoms with van der Waals surface area (Å²) < 4.78 is 25.6. The highest BCUT2D eigenvalue weighted by Gasteiger charge is 2.34. The molecule has 0 saturated carbocycles. The van der Waals surface area contributed by atoms with Gasteiger partial charge in [0.25, 0.3) is 0 Å². The summed E-state index contributed by atoms with van der Waals surface area (Å²) in [4.78, 5) is 0. The molecule has 1 aliphatic carbocycles. The Kier molecular flexibility index (Phi) is 3.89. The second-order valence-corrected chi connectivity index (χ2v) is 6.88. The Hall–Kier alpha value is -1.43. The third-order valence-electron chi connectivity index (χ3n) is 3.16. The van der Waals surface area contributed by atoms with E-state index in [1.165, 1.54) is 18.4 Å². The van der Waals surface area contributed by atoms with Gasteiger partial charge in [0.1, 0.15) is 11.4 Å². The number of nitrogens with zero attached hydrogens (tertiary/aromatic N) is 1. The number of aliphatic hydroxyl groups is 1. The van der Waals surface area contributed by atoms with Crippen molar-refractivity contribution < 1.29 is 13.5 Å². The SMILES string of the molecule is CN(C)S(=O)(=O)C1C=CC=C1C(O)c1ccccc1. The van der Waals surface area contributed by atoms with Crippen molar-refractivity contribution in [1.82, 2.24) is 4.31 Å². The van der Waals surface area contributed by atoms with E-state index in [1.807, 2.05) is 18.2 Å². The lowest BCUT2D eigenvalue weighted by Crippen LogP contribution is -2.34. The highest BCUT2D eigenvalue weighted by atomic mass is 32.2. The summed E-state index contributed by atoms with van der Waals surface area (Å²) in [5, 5.41) is 9.55. The Balaban J connectivity index is 2.32. The van der Waals surface area contributed by atoms with Crippen LogP contribution in [0.2, 0.25) is 0 Å². The summed E-state index contributed by atoms with van der Waals surface area (Å²) in [5.41, 5.74) is 1.18. The lowest BCUT2D eigenvalue weighted by molar-refractivity contribution is 0.214. The van der Waals surface area contributed by atoms with Gasteiger partial charge in [-0.3, -0.25) is 0 Å². The van der Waals surface area contributed by atoms with Crippen molar-refractivity contribution in [3.05, 3.63) is 59.7 Å². The van der Waals surface area contributed by atoms with Crippen LogP contribution >= 0.6 is 0 Å². The van der Waals surface area contributed by atoms with Crippen molar-refractivity contribution in [1.29, 1.82) is 0 Å². The standard InChI is InChI=1S/C14H17NO3S/c1-15(2)19(17,18)13-10-6-9-12(13)14(16)11-7-4-3-5-8-11/h3-10,13-14,16H,1-2H3. The smallest absolute Gasteiger partial charge is 0.224 e. The van der Waals surface area contributed by atoms with E-state index in [4.69, 9.17) is 0 Å². The van der Waals surface area contributed by atoms with Gasteiger partial charge >= 0.3 is 0 Å². The summed E-state index contributed by atoms with van der Waals surface area (Å²) in [7, 11) is -0.472. The fraction of sp³-hybridized carbons (Fsp3) is 0.286. The molecule has 0 bridgehead atoms. The second kappa shape index (κ2) is 5.28. The first-order valence-electron chi connectivity index (χ1n) is 5.97. The number of hydrogen-bond donors (Lipinski definition) is 1. The topological polar surface area (TPSA) is 57.6 Å². The van der Waals surface area contributed by atoms with Crippen LogP contribution < -0.4 is 0 Å². The van der Waals surface area contributed by atoms with Gasteiger partial charge in [0.15, 0.2) is 0 Å². The van der Waals surface area contributed by atoms with Gasteiger partial charge in [0, 0.05) is 14.1 Å². The van der Waals surface area contributed by atoms with Crippen LogP contribution in [0.3, 0.4) is 0 Å². The molecular weight excluding hydrogens is 262 g/mol. The van der Waals surface area contributed by atoms with E-state index in [0.29, 0.717) is 11.1 Å². The first-order chi connectivity index (χ1) is 8.94. The molecule has 1 aromatic carbocycles. The number of aliphatic hydroxyl groups excluding tert-OH is 1. The fourth-order valence-corrected chi connectivity index (χ4v) is 3.34. The van der Waals surface area contributed by atoms with Crippen LogP contribution in [0, 0.1) is 0 Å². The molecule has 0 radical (unpaired) electrons. The van der Waals surface area contributed by atoms with Gasteiger partial charge in [-0.1, -0.05) is 48.6 Å². The number of allylic oxidation sites excluding steroid dienone is 2. The molecule has 0 heterocycles. The Morgan fingerprint density at radius 1 is 1.21 bits per heavy atom. The molecule has 19 heavy (non-hydrogen) atoms. The van der Waals surface area contributed by atoms with Crippen LogP contribution in [-0.2, 0) is 10.0 Å². The van der Waals surface area contributed by atoms with Gasteiger partial charge < -0.3 is 5.11 Å². The zero-order chi connectivity index (χ0) is 14.0. The van der Waals surface area contributed by atoms with Crippen LogP contribution in [0.1, 0.15) is 11.7 Å². The molecule has 2 atom stereocenters. The molecule has 5 heteroatoms. The summed E-state index contributed by atoms with van der Waals surface area (Å²) in [6.07, 6.45) is 4.03. The molecule has 0 amide bonds. The molecule has 0 spiro atoms. The minimum absolute atomic E-state index is 0.486. The lowest BCUT2D eigenvalue weighted by Gasteiger charge is -2.22. The zero-order valence-corrected chi connectivity index (χ0v) is 11.7. The lowest BCUT2D eigenvalue weighted by atomic mass is 10.0. The van der Waals surface area contributed by atoms with Crippen molar-refractivity contribution in [3.63, 3.8) is 0 Å². The van der Waals surface area contributed by atoms with Crippen molar-refractivity contribution in [2.45, 2.75) is 11.4 Å². The van der Waals surface area contributed by atoms with Crippen molar-refractivity contribution in [2.24, 2.45) is 0 Å². The van der Waals surface area contributed by atoms with E-state index in [9.17, 15) is 13.5 Å². The number of rotatable bonds is 4. The molecule has 0 fully saturated rings. The van der Waals surface area contributed by atoms with Gasteiger partial charge in [-0.05, 0) is 11.1 Å². The normalized spacial score (nSPS) is 20.6. The van der Waals surface area contributed by atoms with Crippen molar-refractivity contribution >= 4 is 10.0 Å². The van der Waals surface area contributed by atoms with Gasteiger partial charge in [-0.15, -0.1) is 0 Å². The van der Waals surface area contributed by atoms with E-state index in [2.05, 4.69) is 0 Å².